The Hall–Kier alpha value is -3.95. The standard InChI is InChI=1S/C19H19N7O3/c1-4-29-19(28)21-15-9-12(3)24-26(15)18-22-16-14(17(27)23-18)10-20-25(16)13-7-5-6-11(2)8-13/h5-10H,4H2,1-3H3,(H,21,28)(H,22,23,27). The van der Waals surface area contributed by atoms with Gasteiger partial charge in [0, 0.05) is 6.07 Å². The summed E-state index contributed by atoms with van der Waals surface area (Å²) in [5.41, 5.74) is 2.49. The minimum atomic E-state index is -0.623. The van der Waals surface area contributed by atoms with E-state index in [1.165, 1.54) is 10.9 Å². The Morgan fingerprint density at radius 3 is 2.83 bits per heavy atom. The quantitative estimate of drug-likeness (QED) is 0.550. The second-order valence-electron chi connectivity index (χ2n) is 6.45. The number of H-pyrrole nitrogens is 1. The number of amides is 1. The lowest BCUT2D eigenvalue weighted by atomic mass is 10.2. The molecule has 0 spiro atoms. The van der Waals surface area contributed by atoms with E-state index in [1.54, 1.807) is 24.6 Å². The molecule has 148 valence electrons. The summed E-state index contributed by atoms with van der Waals surface area (Å²) >= 11 is 0. The van der Waals surface area contributed by atoms with Crippen molar-refractivity contribution in [1.29, 1.82) is 0 Å². The second-order valence-corrected chi connectivity index (χ2v) is 6.45. The van der Waals surface area contributed by atoms with E-state index in [0.29, 0.717) is 22.5 Å². The zero-order valence-corrected chi connectivity index (χ0v) is 16.1. The first-order chi connectivity index (χ1) is 14.0. The van der Waals surface area contributed by atoms with Crippen LogP contribution in [-0.2, 0) is 4.74 Å². The van der Waals surface area contributed by atoms with Gasteiger partial charge in [0.1, 0.15) is 11.2 Å². The molecule has 0 bridgehead atoms. The molecule has 29 heavy (non-hydrogen) atoms. The molecule has 10 heteroatoms. The maximum absolute atomic E-state index is 12.6. The van der Waals surface area contributed by atoms with Crippen LogP contribution >= 0.6 is 0 Å². The Balaban J connectivity index is 1.85. The number of hydrogen-bond acceptors (Lipinski definition) is 6. The van der Waals surface area contributed by atoms with Gasteiger partial charge in [-0.3, -0.25) is 15.1 Å². The largest absolute Gasteiger partial charge is 0.450 e. The van der Waals surface area contributed by atoms with Gasteiger partial charge < -0.3 is 4.74 Å². The highest BCUT2D eigenvalue weighted by molar-refractivity contribution is 5.84. The van der Waals surface area contributed by atoms with E-state index < -0.39 is 6.09 Å². The van der Waals surface area contributed by atoms with Crippen LogP contribution in [0.1, 0.15) is 18.2 Å². The summed E-state index contributed by atoms with van der Waals surface area (Å²) < 4.78 is 7.86. The molecule has 2 N–H and O–H groups in total. The van der Waals surface area contributed by atoms with E-state index in [0.717, 1.165) is 11.3 Å². The van der Waals surface area contributed by atoms with Gasteiger partial charge in [0.2, 0.25) is 5.95 Å². The molecule has 0 radical (unpaired) electrons. The Labute approximate surface area is 165 Å². The van der Waals surface area contributed by atoms with Crippen LogP contribution in [0.4, 0.5) is 10.6 Å². The average Bonchev–Trinajstić information content (AvgIpc) is 3.25. The Bertz CT molecular complexity index is 1270. The van der Waals surface area contributed by atoms with Crippen molar-refractivity contribution in [3.63, 3.8) is 0 Å². The number of aryl methyl sites for hydroxylation is 2. The lowest BCUT2D eigenvalue weighted by Crippen LogP contribution is -2.19. The van der Waals surface area contributed by atoms with E-state index in [1.807, 2.05) is 31.2 Å². The van der Waals surface area contributed by atoms with E-state index in [4.69, 9.17) is 4.74 Å². The number of anilines is 1. The summed E-state index contributed by atoms with van der Waals surface area (Å²) in [5.74, 6) is 0.474. The van der Waals surface area contributed by atoms with Crippen molar-refractivity contribution < 1.29 is 9.53 Å². The summed E-state index contributed by atoms with van der Waals surface area (Å²) in [5, 5.41) is 11.6. The van der Waals surface area contributed by atoms with Gasteiger partial charge in [0.25, 0.3) is 5.56 Å². The van der Waals surface area contributed by atoms with Crippen molar-refractivity contribution in [1.82, 2.24) is 29.5 Å². The number of carbonyl (C=O) groups excluding carboxylic acids is 1. The number of nitrogens with one attached hydrogen (secondary N) is 2. The molecule has 0 fully saturated rings. The summed E-state index contributed by atoms with van der Waals surface area (Å²) in [7, 11) is 0. The highest BCUT2D eigenvalue weighted by Crippen LogP contribution is 2.18. The van der Waals surface area contributed by atoms with Crippen LogP contribution in [0.15, 0.2) is 41.3 Å². The van der Waals surface area contributed by atoms with Gasteiger partial charge in [0.15, 0.2) is 5.65 Å². The van der Waals surface area contributed by atoms with Crippen molar-refractivity contribution >= 4 is 22.9 Å². The number of fused-ring (bicyclic) bond motifs is 1. The minimum Gasteiger partial charge on any atom is -0.450 e. The zero-order valence-electron chi connectivity index (χ0n) is 16.1. The zero-order chi connectivity index (χ0) is 20.5. The van der Waals surface area contributed by atoms with E-state index in [-0.39, 0.29) is 18.1 Å². The van der Waals surface area contributed by atoms with Gasteiger partial charge in [-0.05, 0) is 38.5 Å². The van der Waals surface area contributed by atoms with Crippen LogP contribution in [0.25, 0.3) is 22.7 Å². The van der Waals surface area contributed by atoms with Crippen LogP contribution in [0.2, 0.25) is 0 Å². The van der Waals surface area contributed by atoms with Gasteiger partial charge in [0.05, 0.1) is 24.2 Å². The fourth-order valence-corrected chi connectivity index (χ4v) is 2.98. The molecule has 1 aromatic carbocycles. The summed E-state index contributed by atoms with van der Waals surface area (Å²) in [6.45, 7) is 5.68. The third-order valence-electron chi connectivity index (χ3n) is 4.21. The maximum Gasteiger partial charge on any atom is 0.412 e. The molecule has 4 rings (SSSR count). The molecule has 0 aliphatic rings. The summed E-state index contributed by atoms with van der Waals surface area (Å²) in [4.78, 5) is 31.7. The van der Waals surface area contributed by atoms with Gasteiger partial charge in [-0.1, -0.05) is 12.1 Å². The molecular weight excluding hydrogens is 374 g/mol. The minimum absolute atomic E-state index is 0.150. The Kier molecular flexibility index (Phi) is 4.59. The van der Waals surface area contributed by atoms with E-state index in [9.17, 15) is 9.59 Å². The van der Waals surface area contributed by atoms with Gasteiger partial charge in [-0.15, -0.1) is 0 Å². The van der Waals surface area contributed by atoms with E-state index in [2.05, 4.69) is 25.5 Å². The number of rotatable bonds is 4. The van der Waals surface area contributed by atoms with Crippen LogP contribution in [-0.4, -0.2) is 42.2 Å². The normalized spacial score (nSPS) is 11.0. The van der Waals surface area contributed by atoms with Crippen molar-refractivity contribution in [3.8, 4) is 11.6 Å². The van der Waals surface area contributed by atoms with Gasteiger partial charge >= 0.3 is 6.09 Å². The molecular formula is C19H19N7O3. The van der Waals surface area contributed by atoms with Crippen LogP contribution in [0.5, 0.6) is 0 Å². The molecule has 0 saturated heterocycles. The SMILES string of the molecule is CCOC(=O)Nc1cc(C)nn1-c1nc2c(cnn2-c2cccc(C)c2)c(=O)[nH]1. The predicted molar refractivity (Wildman–Crippen MR) is 107 cm³/mol. The third kappa shape index (κ3) is 3.47. The van der Waals surface area contributed by atoms with Gasteiger partial charge in [-0.25, -0.2) is 9.48 Å². The monoisotopic (exact) mass is 393 g/mol. The fraction of sp³-hybridized carbons (Fsp3) is 0.211. The first-order valence-corrected chi connectivity index (χ1v) is 9.02. The first-order valence-electron chi connectivity index (χ1n) is 9.02. The second kappa shape index (κ2) is 7.23. The Morgan fingerprint density at radius 2 is 2.07 bits per heavy atom. The van der Waals surface area contributed by atoms with Crippen LogP contribution in [0.3, 0.4) is 0 Å². The fourth-order valence-electron chi connectivity index (χ4n) is 2.98. The molecule has 0 unspecified atom stereocenters. The average molecular weight is 393 g/mol. The predicted octanol–water partition coefficient (Wildman–Crippen LogP) is 2.48. The molecule has 1 amide bonds. The number of carbonyl (C=O) groups is 1. The van der Waals surface area contributed by atoms with Crippen LogP contribution < -0.4 is 10.9 Å². The molecule has 3 aromatic heterocycles. The van der Waals surface area contributed by atoms with Crippen molar-refractivity contribution in [2.24, 2.45) is 0 Å². The lowest BCUT2D eigenvalue weighted by Gasteiger charge is -2.09. The summed E-state index contributed by atoms with van der Waals surface area (Å²) in [6.07, 6.45) is 0.848. The third-order valence-corrected chi connectivity index (χ3v) is 4.21. The molecule has 4 aromatic rings. The first kappa shape index (κ1) is 18.4. The Morgan fingerprint density at radius 1 is 1.24 bits per heavy atom. The number of nitrogens with zero attached hydrogens (tertiary/aromatic N) is 5. The number of ether oxygens (including phenoxy) is 1. The number of hydrogen-bond donors (Lipinski definition) is 2. The number of aromatic amines is 1. The van der Waals surface area contributed by atoms with Crippen molar-refractivity contribution in [2.45, 2.75) is 20.8 Å². The highest BCUT2D eigenvalue weighted by atomic mass is 16.5. The van der Waals surface area contributed by atoms with Gasteiger partial charge in [-0.2, -0.15) is 19.9 Å². The molecule has 10 nitrogen and oxygen atoms in total. The van der Waals surface area contributed by atoms with Crippen molar-refractivity contribution in [2.75, 3.05) is 11.9 Å². The number of benzene rings is 1. The summed E-state index contributed by atoms with van der Waals surface area (Å²) in [6, 6.07) is 9.36. The highest BCUT2D eigenvalue weighted by Gasteiger charge is 2.17. The smallest absolute Gasteiger partial charge is 0.412 e. The lowest BCUT2D eigenvalue weighted by molar-refractivity contribution is 0.167. The van der Waals surface area contributed by atoms with Crippen molar-refractivity contribution in [3.05, 3.63) is 58.1 Å². The number of aromatic nitrogens is 6. The molecule has 0 saturated carbocycles. The topological polar surface area (TPSA) is 120 Å². The van der Waals surface area contributed by atoms with Crippen LogP contribution in [0, 0.1) is 13.8 Å². The molecule has 0 aliphatic heterocycles. The van der Waals surface area contributed by atoms with E-state index >= 15 is 0 Å². The maximum atomic E-state index is 12.6. The molecule has 3 heterocycles. The molecule has 0 aliphatic carbocycles. The molecule has 0 atom stereocenters.